The van der Waals surface area contributed by atoms with E-state index in [9.17, 15) is 0 Å². The molecule has 1 atom stereocenters. The van der Waals surface area contributed by atoms with E-state index < -0.39 is 0 Å². The number of aryl methyl sites for hydroxylation is 1. The molecule has 0 bridgehead atoms. The van der Waals surface area contributed by atoms with Crippen molar-refractivity contribution in [2.24, 2.45) is 0 Å². The van der Waals surface area contributed by atoms with Gasteiger partial charge in [0.15, 0.2) is 0 Å². The van der Waals surface area contributed by atoms with Gasteiger partial charge in [0.1, 0.15) is 0 Å². The summed E-state index contributed by atoms with van der Waals surface area (Å²) in [5, 5.41) is 0.301. The van der Waals surface area contributed by atoms with Gasteiger partial charge in [0.25, 0.3) is 0 Å². The van der Waals surface area contributed by atoms with Gasteiger partial charge < -0.3 is 0 Å². The fourth-order valence-electron chi connectivity index (χ4n) is 1.76. The predicted molar refractivity (Wildman–Crippen MR) is 55.8 cm³/mol. The Hall–Kier alpha value is -0.690. The van der Waals surface area contributed by atoms with Crippen LogP contribution in [-0.2, 0) is 6.42 Å². The first-order valence-corrected chi connectivity index (χ1v) is 4.74. The van der Waals surface area contributed by atoms with Crippen LogP contribution in [0.3, 0.4) is 0 Å². The lowest BCUT2D eigenvalue weighted by molar-refractivity contribution is 1.05. The van der Waals surface area contributed by atoms with Crippen molar-refractivity contribution in [2.45, 2.75) is 18.6 Å². The molecule has 0 saturated heterocycles. The third-order valence-electron chi connectivity index (χ3n) is 2.37. The molecule has 12 heavy (non-hydrogen) atoms. The Morgan fingerprint density at radius 3 is 3.00 bits per heavy atom. The molecule has 0 amide bonds. The fourth-order valence-corrected chi connectivity index (χ4v) is 2.25. The van der Waals surface area contributed by atoms with Gasteiger partial charge in [-0.2, -0.15) is 12.6 Å². The Kier molecular flexibility index (Phi) is 1.97. The average molecular weight is 176 g/mol. The summed E-state index contributed by atoms with van der Waals surface area (Å²) in [6, 6.07) is 6.46. The lowest BCUT2D eigenvalue weighted by Gasteiger charge is -2.18. The quantitative estimate of drug-likeness (QED) is 0.456. The monoisotopic (exact) mass is 176 g/mol. The fraction of sp³-hybridized carbons (Fsp3) is 0.273. The van der Waals surface area contributed by atoms with E-state index in [1.54, 1.807) is 0 Å². The summed E-state index contributed by atoms with van der Waals surface area (Å²) in [5.74, 6) is 0. The molecule has 62 valence electrons. The molecular formula is C11H12S. The van der Waals surface area contributed by atoms with E-state index in [1.165, 1.54) is 16.7 Å². The molecule has 0 saturated carbocycles. The zero-order valence-electron chi connectivity index (χ0n) is 7.12. The predicted octanol–water partition coefficient (Wildman–Crippen LogP) is 3.08. The highest BCUT2D eigenvalue weighted by Gasteiger charge is 2.13. The highest BCUT2D eigenvalue weighted by molar-refractivity contribution is 7.80. The third-order valence-corrected chi connectivity index (χ3v) is 2.80. The maximum Gasteiger partial charge on any atom is 0.0452 e. The second-order valence-electron chi connectivity index (χ2n) is 3.22. The molecule has 0 spiro atoms. The standard InChI is InChI=1S/C11H12S/c1-8-4-2-5-9-6-3-7-10(12)11(8)9/h2-5,7,10,12H,6H2,1H3/t10-/m1/s1. The van der Waals surface area contributed by atoms with Gasteiger partial charge in [0.05, 0.1) is 0 Å². The topological polar surface area (TPSA) is 0 Å². The van der Waals surface area contributed by atoms with Crippen LogP contribution in [0.4, 0.5) is 0 Å². The minimum atomic E-state index is 0.301. The molecule has 0 fully saturated rings. The molecule has 0 aliphatic heterocycles. The van der Waals surface area contributed by atoms with Gasteiger partial charge in [-0.15, -0.1) is 0 Å². The molecule has 0 unspecified atom stereocenters. The molecule has 1 aliphatic carbocycles. The summed E-state index contributed by atoms with van der Waals surface area (Å²) in [4.78, 5) is 0. The summed E-state index contributed by atoms with van der Waals surface area (Å²) in [5.41, 5.74) is 4.19. The van der Waals surface area contributed by atoms with Gasteiger partial charge in [-0.05, 0) is 30.0 Å². The second-order valence-corrected chi connectivity index (χ2v) is 3.78. The van der Waals surface area contributed by atoms with Crippen molar-refractivity contribution < 1.29 is 0 Å². The van der Waals surface area contributed by atoms with E-state index >= 15 is 0 Å². The van der Waals surface area contributed by atoms with E-state index in [-0.39, 0.29) is 0 Å². The number of thiol groups is 1. The molecule has 0 aromatic heterocycles. The van der Waals surface area contributed by atoms with Crippen molar-refractivity contribution in [1.82, 2.24) is 0 Å². The van der Waals surface area contributed by atoms with Crippen LogP contribution in [0, 0.1) is 6.92 Å². The molecule has 0 N–H and O–H groups in total. The van der Waals surface area contributed by atoms with Crippen molar-refractivity contribution in [3.63, 3.8) is 0 Å². The van der Waals surface area contributed by atoms with Crippen molar-refractivity contribution in [3.8, 4) is 0 Å². The maximum atomic E-state index is 4.52. The third kappa shape index (κ3) is 1.18. The van der Waals surface area contributed by atoms with Crippen LogP contribution in [0.5, 0.6) is 0 Å². The van der Waals surface area contributed by atoms with Crippen molar-refractivity contribution in [1.29, 1.82) is 0 Å². The number of fused-ring (bicyclic) bond motifs is 1. The summed E-state index contributed by atoms with van der Waals surface area (Å²) in [7, 11) is 0. The minimum absolute atomic E-state index is 0.301. The van der Waals surface area contributed by atoms with Gasteiger partial charge in [-0.25, -0.2) is 0 Å². The largest absolute Gasteiger partial charge is 0.167 e. The Morgan fingerprint density at radius 1 is 1.42 bits per heavy atom. The smallest absolute Gasteiger partial charge is 0.0452 e. The first-order chi connectivity index (χ1) is 5.79. The molecule has 0 heterocycles. The number of rotatable bonds is 0. The molecule has 0 nitrogen and oxygen atoms in total. The second kappa shape index (κ2) is 2.98. The number of benzene rings is 1. The number of allylic oxidation sites excluding steroid dienone is 1. The van der Waals surface area contributed by atoms with Crippen molar-refractivity contribution in [2.75, 3.05) is 0 Å². The van der Waals surface area contributed by atoms with Crippen molar-refractivity contribution >= 4 is 12.6 Å². The van der Waals surface area contributed by atoms with Crippen LogP contribution >= 0.6 is 12.6 Å². The van der Waals surface area contributed by atoms with Gasteiger partial charge in [-0.3, -0.25) is 0 Å². The van der Waals surface area contributed by atoms with E-state index in [4.69, 9.17) is 0 Å². The summed E-state index contributed by atoms with van der Waals surface area (Å²) in [6.07, 6.45) is 5.42. The lowest BCUT2D eigenvalue weighted by atomic mass is 9.93. The first-order valence-electron chi connectivity index (χ1n) is 4.22. The Balaban J connectivity index is 2.58. The maximum absolute atomic E-state index is 4.52. The van der Waals surface area contributed by atoms with Gasteiger partial charge in [0.2, 0.25) is 0 Å². The van der Waals surface area contributed by atoms with Crippen LogP contribution in [0.1, 0.15) is 21.9 Å². The molecule has 1 aromatic rings. The summed E-state index contributed by atoms with van der Waals surface area (Å²) < 4.78 is 0. The Labute approximate surface area is 78.7 Å². The van der Waals surface area contributed by atoms with E-state index in [0.29, 0.717) is 5.25 Å². The minimum Gasteiger partial charge on any atom is -0.167 e. The Morgan fingerprint density at radius 2 is 2.25 bits per heavy atom. The van der Waals surface area contributed by atoms with E-state index in [0.717, 1.165) is 6.42 Å². The van der Waals surface area contributed by atoms with Gasteiger partial charge in [0, 0.05) is 5.25 Å². The number of hydrogen-bond donors (Lipinski definition) is 1. The lowest BCUT2D eigenvalue weighted by Crippen LogP contribution is -2.02. The summed E-state index contributed by atoms with van der Waals surface area (Å²) >= 11 is 4.52. The molecule has 1 aromatic carbocycles. The summed E-state index contributed by atoms with van der Waals surface area (Å²) in [6.45, 7) is 2.15. The SMILES string of the molecule is Cc1cccc2c1[C@H](S)C=CC2. The average Bonchev–Trinajstić information content (AvgIpc) is 2.04. The molecule has 0 radical (unpaired) electrons. The zero-order valence-corrected chi connectivity index (χ0v) is 8.01. The molecular weight excluding hydrogens is 164 g/mol. The van der Waals surface area contributed by atoms with Crippen LogP contribution in [0.15, 0.2) is 30.4 Å². The van der Waals surface area contributed by atoms with E-state index in [1.807, 2.05) is 0 Å². The van der Waals surface area contributed by atoms with Gasteiger partial charge >= 0.3 is 0 Å². The molecule has 2 rings (SSSR count). The van der Waals surface area contributed by atoms with Crippen LogP contribution in [0.2, 0.25) is 0 Å². The van der Waals surface area contributed by atoms with E-state index in [2.05, 4.69) is 49.9 Å². The zero-order chi connectivity index (χ0) is 8.55. The van der Waals surface area contributed by atoms with Crippen LogP contribution in [-0.4, -0.2) is 0 Å². The normalized spacial score (nSPS) is 20.7. The Bertz CT molecular complexity index is 326. The van der Waals surface area contributed by atoms with Crippen LogP contribution in [0.25, 0.3) is 0 Å². The highest BCUT2D eigenvalue weighted by Crippen LogP contribution is 2.31. The van der Waals surface area contributed by atoms with Crippen LogP contribution < -0.4 is 0 Å². The molecule has 1 aliphatic rings. The first kappa shape index (κ1) is 7.93. The van der Waals surface area contributed by atoms with Gasteiger partial charge in [-0.1, -0.05) is 30.4 Å². The van der Waals surface area contributed by atoms with Crippen molar-refractivity contribution in [3.05, 3.63) is 47.0 Å². The molecule has 1 heteroatoms. The number of hydrogen-bond acceptors (Lipinski definition) is 1. The highest BCUT2D eigenvalue weighted by atomic mass is 32.1.